The fraction of sp³-hybridized carbons (Fsp3) is 0.545. The van der Waals surface area contributed by atoms with Crippen LogP contribution in [0.3, 0.4) is 0 Å². The number of nitrogens with zero attached hydrogens (tertiary/aromatic N) is 1. The Kier molecular flexibility index (Phi) is 5.01. The number of carbonyl (C=O) groups is 1. The fourth-order valence-corrected chi connectivity index (χ4v) is 1.64. The van der Waals surface area contributed by atoms with E-state index in [2.05, 4.69) is 17.2 Å². The fourth-order valence-electron chi connectivity index (χ4n) is 1.64. The van der Waals surface area contributed by atoms with Gasteiger partial charge in [0.05, 0.1) is 12.8 Å². The number of carbonyl (C=O) groups excluding carboxylic acids is 1. The molecular weight excluding hydrogens is 206 g/mol. The molecule has 5 heteroatoms. The normalized spacial score (nSPS) is 12.8. The molecule has 3 N–H and O–H groups in total. The summed E-state index contributed by atoms with van der Waals surface area (Å²) in [7, 11) is 0. The number of hydrogen-bond donors (Lipinski definition) is 2. The van der Waals surface area contributed by atoms with Crippen molar-refractivity contribution in [3.05, 3.63) is 24.2 Å². The molecule has 0 saturated heterocycles. The SMILES string of the molecule is CCN(Cc1ccco1)C(C)CC(=O)NN. The van der Waals surface area contributed by atoms with Gasteiger partial charge in [0.25, 0.3) is 0 Å². The first kappa shape index (κ1) is 12.7. The summed E-state index contributed by atoms with van der Waals surface area (Å²) >= 11 is 0. The number of furan rings is 1. The molecule has 1 amide bonds. The van der Waals surface area contributed by atoms with Gasteiger partial charge in [-0.25, -0.2) is 5.84 Å². The van der Waals surface area contributed by atoms with Gasteiger partial charge in [-0.2, -0.15) is 0 Å². The summed E-state index contributed by atoms with van der Waals surface area (Å²) in [5, 5.41) is 0. The van der Waals surface area contributed by atoms with E-state index in [9.17, 15) is 4.79 Å². The molecule has 1 unspecified atom stereocenters. The summed E-state index contributed by atoms with van der Waals surface area (Å²) in [4.78, 5) is 13.3. The van der Waals surface area contributed by atoms with Crippen molar-refractivity contribution >= 4 is 5.91 Å². The van der Waals surface area contributed by atoms with E-state index in [0.717, 1.165) is 12.3 Å². The molecule has 0 aliphatic rings. The van der Waals surface area contributed by atoms with Crippen molar-refractivity contribution in [2.24, 2.45) is 5.84 Å². The highest BCUT2D eigenvalue weighted by Crippen LogP contribution is 2.10. The number of amides is 1. The highest BCUT2D eigenvalue weighted by atomic mass is 16.3. The zero-order valence-corrected chi connectivity index (χ0v) is 9.77. The van der Waals surface area contributed by atoms with Crippen molar-refractivity contribution in [2.45, 2.75) is 32.9 Å². The predicted molar refractivity (Wildman–Crippen MR) is 61.2 cm³/mol. The molecule has 0 spiro atoms. The average molecular weight is 225 g/mol. The monoisotopic (exact) mass is 225 g/mol. The summed E-state index contributed by atoms with van der Waals surface area (Å²) < 4.78 is 5.28. The van der Waals surface area contributed by atoms with Crippen molar-refractivity contribution in [1.82, 2.24) is 10.3 Å². The first-order valence-electron chi connectivity index (χ1n) is 5.43. The van der Waals surface area contributed by atoms with E-state index < -0.39 is 0 Å². The van der Waals surface area contributed by atoms with Crippen LogP contribution < -0.4 is 11.3 Å². The molecule has 1 aromatic heterocycles. The van der Waals surface area contributed by atoms with E-state index >= 15 is 0 Å². The number of nitrogens with two attached hydrogens (primary N) is 1. The number of rotatable bonds is 6. The second kappa shape index (κ2) is 6.30. The topological polar surface area (TPSA) is 71.5 Å². The summed E-state index contributed by atoms with van der Waals surface area (Å²) in [5.41, 5.74) is 2.14. The molecule has 1 atom stereocenters. The maximum absolute atomic E-state index is 11.2. The van der Waals surface area contributed by atoms with Gasteiger partial charge in [0.15, 0.2) is 0 Å². The maximum Gasteiger partial charge on any atom is 0.235 e. The van der Waals surface area contributed by atoms with Gasteiger partial charge in [0, 0.05) is 12.5 Å². The van der Waals surface area contributed by atoms with Crippen LogP contribution in [0.25, 0.3) is 0 Å². The minimum absolute atomic E-state index is 0.138. The lowest BCUT2D eigenvalue weighted by Gasteiger charge is -2.26. The van der Waals surface area contributed by atoms with E-state index in [1.165, 1.54) is 0 Å². The van der Waals surface area contributed by atoms with E-state index in [1.807, 2.05) is 19.1 Å². The van der Waals surface area contributed by atoms with Gasteiger partial charge in [-0.1, -0.05) is 6.92 Å². The maximum atomic E-state index is 11.2. The van der Waals surface area contributed by atoms with E-state index in [-0.39, 0.29) is 11.9 Å². The molecule has 90 valence electrons. The van der Waals surface area contributed by atoms with Gasteiger partial charge in [-0.3, -0.25) is 15.1 Å². The Labute approximate surface area is 95.6 Å². The first-order valence-corrected chi connectivity index (χ1v) is 5.43. The Morgan fingerprint density at radius 1 is 1.69 bits per heavy atom. The minimum Gasteiger partial charge on any atom is -0.468 e. The van der Waals surface area contributed by atoms with E-state index in [4.69, 9.17) is 10.3 Å². The Morgan fingerprint density at radius 2 is 2.44 bits per heavy atom. The summed E-state index contributed by atoms with van der Waals surface area (Å²) in [6.45, 7) is 5.63. The van der Waals surface area contributed by atoms with Crippen LogP contribution >= 0.6 is 0 Å². The van der Waals surface area contributed by atoms with Gasteiger partial charge < -0.3 is 4.42 Å². The van der Waals surface area contributed by atoms with Gasteiger partial charge in [-0.15, -0.1) is 0 Å². The second-order valence-electron chi connectivity index (χ2n) is 3.76. The van der Waals surface area contributed by atoms with Gasteiger partial charge in [-0.05, 0) is 25.6 Å². The zero-order valence-electron chi connectivity index (χ0n) is 9.77. The van der Waals surface area contributed by atoms with Crippen LogP contribution in [0, 0.1) is 0 Å². The van der Waals surface area contributed by atoms with Crippen molar-refractivity contribution in [1.29, 1.82) is 0 Å². The van der Waals surface area contributed by atoms with Crippen LogP contribution in [0.4, 0.5) is 0 Å². The largest absolute Gasteiger partial charge is 0.468 e. The third-order valence-corrected chi connectivity index (χ3v) is 2.61. The second-order valence-corrected chi connectivity index (χ2v) is 3.76. The lowest BCUT2D eigenvalue weighted by Crippen LogP contribution is -2.39. The molecule has 0 aromatic carbocycles. The lowest BCUT2D eigenvalue weighted by atomic mass is 10.2. The molecule has 0 aliphatic heterocycles. The Balaban J connectivity index is 2.50. The summed E-state index contributed by atoms with van der Waals surface area (Å²) in [5.74, 6) is 5.82. The zero-order chi connectivity index (χ0) is 12.0. The molecule has 0 fully saturated rings. The van der Waals surface area contributed by atoms with Crippen LogP contribution in [0.5, 0.6) is 0 Å². The highest BCUT2D eigenvalue weighted by Gasteiger charge is 2.16. The molecule has 5 nitrogen and oxygen atoms in total. The van der Waals surface area contributed by atoms with Crippen LogP contribution in [0.1, 0.15) is 26.0 Å². The minimum atomic E-state index is -0.148. The summed E-state index contributed by atoms with van der Waals surface area (Å²) in [6.07, 6.45) is 2.05. The van der Waals surface area contributed by atoms with Crippen molar-refractivity contribution in [3.63, 3.8) is 0 Å². The van der Waals surface area contributed by atoms with Crippen LogP contribution in [-0.2, 0) is 11.3 Å². The molecule has 0 saturated carbocycles. The van der Waals surface area contributed by atoms with Crippen LogP contribution in [-0.4, -0.2) is 23.4 Å². The highest BCUT2D eigenvalue weighted by molar-refractivity contribution is 5.75. The van der Waals surface area contributed by atoms with Crippen LogP contribution in [0.15, 0.2) is 22.8 Å². The molecule has 0 aliphatic carbocycles. The van der Waals surface area contributed by atoms with Gasteiger partial charge in [0.1, 0.15) is 5.76 Å². The first-order chi connectivity index (χ1) is 7.67. The smallest absolute Gasteiger partial charge is 0.235 e. The van der Waals surface area contributed by atoms with Crippen molar-refractivity contribution in [3.8, 4) is 0 Å². The van der Waals surface area contributed by atoms with E-state index in [1.54, 1.807) is 6.26 Å². The standard InChI is InChI=1S/C11H19N3O2/c1-3-14(8-10-5-4-6-16-10)9(2)7-11(15)13-12/h4-6,9H,3,7-8,12H2,1-2H3,(H,13,15). The Morgan fingerprint density at radius 3 is 2.94 bits per heavy atom. The molecule has 0 bridgehead atoms. The average Bonchev–Trinajstić information content (AvgIpc) is 2.78. The number of nitrogens with one attached hydrogen (secondary N) is 1. The third-order valence-electron chi connectivity index (χ3n) is 2.61. The predicted octanol–water partition coefficient (Wildman–Crippen LogP) is 0.870. The quantitative estimate of drug-likeness (QED) is 0.428. The number of hydrogen-bond acceptors (Lipinski definition) is 4. The molecule has 0 radical (unpaired) electrons. The van der Waals surface area contributed by atoms with Gasteiger partial charge >= 0.3 is 0 Å². The van der Waals surface area contributed by atoms with Crippen molar-refractivity contribution in [2.75, 3.05) is 6.54 Å². The van der Waals surface area contributed by atoms with Crippen molar-refractivity contribution < 1.29 is 9.21 Å². The van der Waals surface area contributed by atoms with Gasteiger partial charge in [0.2, 0.25) is 5.91 Å². The Bertz CT molecular complexity index is 311. The lowest BCUT2D eigenvalue weighted by molar-refractivity contribution is -0.122. The third kappa shape index (κ3) is 3.67. The molecule has 1 rings (SSSR count). The molecule has 1 aromatic rings. The van der Waals surface area contributed by atoms with Crippen LogP contribution in [0.2, 0.25) is 0 Å². The molecule has 16 heavy (non-hydrogen) atoms. The Hall–Kier alpha value is -1.33. The molecular formula is C11H19N3O2. The molecule has 1 heterocycles. The summed E-state index contributed by atoms with van der Waals surface area (Å²) in [6, 6.07) is 3.93. The van der Waals surface area contributed by atoms with E-state index in [0.29, 0.717) is 13.0 Å². The number of hydrazine groups is 1.